The van der Waals surface area contributed by atoms with Gasteiger partial charge in [-0.1, -0.05) is 52.3 Å². The summed E-state index contributed by atoms with van der Waals surface area (Å²) in [5.41, 5.74) is 1.40. The highest BCUT2D eigenvalue weighted by atomic mass is 79.9. The predicted octanol–water partition coefficient (Wildman–Crippen LogP) is 3.21. The maximum Gasteiger partial charge on any atom is 0.104 e. The van der Waals surface area contributed by atoms with Crippen molar-refractivity contribution in [2.45, 2.75) is 6.54 Å². The summed E-state index contributed by atoms with van der Waals surface area (Å²) in [4.78, 5) is 0. The van der Waals surface area contributed by atoms with Gasteiger partial charge in [-0.3, -0.25) is 0 Å². The van der Waals surface area contributed by atoms with Crippen molar-refractivity contribution in [3.05, 3.63) is 48.0 Å². The molecule has 1 aromatic rings. The van der Waals surface area contributed by atoms with E-state index in [1.165, 1.54) is 5.56 Å². The number of quaternary nitrogens is 1. The van der Waals surface area contributed by atoms with Crippen LogP contribution in [0.1, 0.15) is 5.56 Å². The summed E-state index contributed by atoms with van der Waals surface area (Å²) in [7, 11) is 4.51. The molecule has 0 heterocycles. The van der Waals surface area contributed by atoms with Crippen LogP contribution < -0.4 is 0 Å². The van der Waals surface area contributed by atoms with Crippen molar-refractivity contribution in [3.63, 3.8) is 0 Å². The van der Waals surface area contributed by atoms with E-state index in [-0.39, 0.29) is 0 Å². The molecule has 2 heteroatoms. The van der Waals surface area contributed by atoms with E-state index in [0.717, 1.165) is 22.9 Å². The molecule has 0 N–H and O–H groups in total. The average molecular weight is 269 g/mol. The average Bonchev–Trinajstić information content (AvgIpc) is 2.18. The van der Waals surface area contributed by atoms with Crippen molar-refractivity contribution < 1.29 is 4.48 Å². The molecule has 0 saturated carbocycles. The van der Waals surface area contributed by atoms with E-state index in [0.29, 0.717) is 0 Å². The van der Waals surface area contributed by atoms with Crippen molar-refractivity contribution >= 4 is 15.9 Å². The maximum atomic E-state index is 3.39. The molecule has 82 valence electrons. The second kappa shape index (κ2) is 6.09. The number of rotatable bonds is 5. The van der Waals surface area contributed by atoms with Crippen molar-refractivity contribution in [3.8, 4) is 0 Å². The first-order valence-electron chi connectivity index (χ1n) is 5.21. The van der Waals surface area contributed by atoms with Gasteiger partial charge in [-0.05, 0) is 6.08 Å². The number of benzene rings is 1. The van der Waals surface area contributed by atoms with Gasteiger partial charge < -0.3 is 4.48 Å². The van der Waals surface area contributed by atoms with Crippen LogP contribution in [0.25, 0.3) is 0 Å². The Morgan fingerprint density at radius 2 is 1.80 bits per heavy atom. The lowest BCUT2D eigenvalue weighted by molar-refractivity contribution is -0.897. The van der Waals surface area contributed by atoms with Gasteiger partial charge in [0.25, 0.3) is 0 Å². The van der Waals surface area contributed by atoms with Gasteiger partial charge in [0.2, 0.25) is 0 Å². The van der Waals surface area contributed by atoms with Crippen molar-refractivity contribution in [2.75, 3.05) is 26.0 Å². The van der Waals surface area contributed by atoms with Crippen molar-refractivity contribution in [1.82, 2.24) is 0 Å². The van der Waals surface area contributed by atoms with Crippen molar-refractivity contribution in [2.24, 2.45) is 0 Å². The highest BCUT2D eigenvalue weighted by Gasteiger charge is 2.12. The van der Waals surface area contributed by atoms with E-state index in [4.69, 9.17) is 0 Å². The summed E-state index contributed by atoms with van der Waals surface area (Å²) in [6, 6.07) is 10.6. The summed E-state index contributed by atoms with van der Waals surface area (Å²) in [6.07, 6.45) is 4.39. The monoisotopic (exact) mass is 268 g/mol. The number of halogens is 1. The summed E-state index contributed by atoms with van der Waals surface area (Å²) in [5, 5.41) is 0.943. The molecule has 1 nitrogen and oxygen atoms in total. The third kappa shape index (κ3) is 5.14. The van der Waals surface area contributed by atoms with Crippen LogP contribution in [0.2, 0.25) is 0 Å². The van der Waals surface area contributed by atoms with E-state index >= 15 is 0 Å². The predicted molar refractivity (Wildman–Crippen MR) is 70.1 cm³/mol. The minimum absolute atomic E-state index is 0.943. The van der Waals surface area contributed by atoms with Crippen LogP contribution in [0.5, 0.6) is 0 Å². The molecule has 0 bridgehead atoms. The van der Waals surface area contributed by atoms with Crippen LogP contribution in [0.3, 0.4) is 0 Å². The molecule has 0 aliphatic carbocycles. The highest BCUT2D eigenvalue weighted by molar-refractivity contribution is 9.09. The molecule has 0 fully saturated rings. The van der Waals surface area contributed by atoms with Gasteiger partial charge in [0.1, 0.15) is 6.54 Å². The number of likely N-dealkylation sites (N-methyl/N-ethyl adjacent to an activating group) is 1. The first-order valence-corrected chi connectivity index (χ1v) is 6.33. The normalized spacial score (nSPS) is 12.2. The van der Waals surface area contributed by atoms with Gasteiger partial charge in [0.15, 0.2) is 0 Å². The maximum absolute atomic E-state index is 3.39. The lowest BCUT2D eigenvalue weighted by Gasteiger charge is -2.28. The quantitative estimate of drug-likeness (QED) is 0.437. The largest absolute Gasteiger partial charge is 0.321 e. The SMILES string of the molecule is C[N+](C)(C/C=C/CBr)Cc1ccccc1. The Balaban J connectivity index is 2.52. The Bertz CT molecular complexity index is 304. The van der Waals surface area contributed by atoms with E-state index in [9.17, 15) is 0 Å². The lowest BCUT2D eigenvalue weighted by Crippen LogP contribution is -2.38. The Morgan fingerprint density at radius 1 is 1.13 bits per heavy atom. The second-order valence-electron chi connectivity index (χ2n) is 4.39. The molecule has 1 aromatic carbocycles. The van der Waals surface area contributed by atoms with Gasteiger partial charge in [0.05, 0.1) is 20.6 Å². The number of allylic oxidation sites excluding steroid dienone is 1. The van der Waals surface area contributed by atoms with Crippen LogP contribution in [0.4, 0.5) is 0 Å². The molecular formula is C13H19BrN+. The molecule has 1 rings (SSSR count). The molecule has 0 saturated heterocycles. The van der Waals surface area contributed by atoms with E-state index < -0.39 is 0 Å². The van der Waals surface area contributed by atoms with Crippen LogP contribution >= 0.6 is 15.9 Å². The summed E-state index contributed by atoms with van der Waals surface area (Å²) in [6.45, 7) is 2.15. The molecule has 0 unspecified atom stereocenters. The van der Waals surface area contributed by atoms with Crippen LogP contribution in [0, 0.1) is 0 Å². The molecule has 0 amide bonds. The molecule has 15 heavy (non-hydrogen) atoms. The van der Waals surface area contributed by atoms with E-state index in [1.807, 2.05) is 0 Å². The number of hydrogen-bond donors (Lipinski definition) is 0. The minimum Gasteiger partial charge on any atom is -0.321 e. The van der Waals surface area contributed by atoms with E-state index in [2.05, 4.69) is 72.5 Å². The fourth-order valence-electron chi connectivity index (χ4n) is 1.57. The third-order valence-corrected chi connectivity index (χ3v) is 2.68. The van der Waals surface area contributed by atoms with Gasteiger partial charge in [-0.25, -0.2) is 0 Å². The standard InChI is InChI=1S/C13H19BrN/c1-15(2,11-7-6-10-14)12-13-8-4-3-5-9-13/h3-9H,10-12H2,1-2H3/q+1/b7-6+. The summed E-state index contributed by atoms with van der Waals surface area (Å²) < 4.78 is 0.994. The first-order chi connectivity index (χ1) is 7.14. The summed E-state index contributed by atoms with van der Waals surface area (Å²) >= 11 is 3.39. The molecule has 0 spiro atoms. The molecule has 0 atom stereocenters. The number of hydrogen-bond acceptors (Lipinski definition) is 0. The second-order valence-corrected chi connectivity index (χ2v) is 5.04. The summed E-state index contributed by atoms with van der Waals surface area (Å²) in [5.74, 6) is 0. The van der Waals surface area contributed by atoms with Crippen LogP contribution in [-0.2, 0) is 6.54 Å². The number of nitrogens with zero attached hydrogens (tertiary/aromatic N) is 1. The van der Waals surface area contributed by atoms with Gasteiger partial charge >= 0.3 is 0 Å². The highest BCUT2D eigenvalue weighted by Crippen LogP contribution is 2.08. The Hall–Kier alpha value is -0.600. The molecule has 0 aliphatic rings. The zero-order valence-corrected chi connectivity index (χ0v) is 11.1. The molecule has 0 radical (unpaired) electrons. The molecule has 0 aromatic heterocycles. The Kier molecular flexibility index (Phi) is 5.06. The Labute approximate surface area is 101 Å². The van der Waals surface area contributed by atoms with Crippen LogP contribution in [-0.4, -0.2) is 30.5 Å². The number of alkyl halides is 1. The third-order valence-electron chi connectivity index (χ3n) is 2.31. The van der Waals surface area contributed by atoms with Gasteiger partial charge in [-0.2, -0.15) is 0 Å². The first kappa shape index (κ1) is 12.5. The Morgan fingerprint density at radius 3 is 2.40 bits per heavy atom. The van der Waals surface area contributed by atoms with Gasteiger partial charge in [-0.15, -0.1) is 0 Å². The molecule has 0 aliphatic heterocycles. The smallest absolute Gasteiger partial charge is 0.104 e. The zero-order chi connectivity index (χ0) is 11.1. The topological polar surface area (TPSA) is 0 Å². The fourth-order valence-corrected chi connectivity index (χ4v) is 1.83. The van der Waals surface area contributed by atoms with Gasteiger partial charge in [0, 0.05) is 10.9 Å². The van der Waals surface area contributed by atoms with E-state index in [1.54, 1.807) is 0 Å². The fraction of sp³-hybridized carbons (Fsp3) is 0.385. The van der Waals surface area contributed by atoms with Crippen LogP contribution in [0.15, 0.2) is 42.5 Å². The minimum atomic E-state index is 0.943. The zero-order valence-electron chi connectivity index (χ0n) is 9.49. The lowest BCUT2D eigenvalue weighted by atomic mass is 10.2. The van der Waals surface area contributed by atoms with Crippen molar-refractivity contribution in [1.29, 1.82) is 0 Å². The molecular weight excluding hydrogens is 250 g/mol.